The van der Waals surface area contributed by atoms with Crippen molar-refractivity contribution in [2.24, 2.45) is 16.1 Å². The normalized spacial score (nSPS) is 19.4. The van der Waals surface area contributed by atoms with E-state index in [1.165, 1.54) is 25.7 Å². The molecule has 0 spiro atoms. The van der Waals surface area contributed by atoms with Gasteiger partial charge in [-0.3, -0.25) is 4.99 Å². The van der Waals surface area contributed by atoms with Crippen LogP contribution in [0.3, 0.4) is 0 Å². The van der Waals surface area contributed by atoms with Gasteiger partial charge in [0.25, 0.3) is 0 Å². The summed E-state index contributed by atoms with van der Waals surface area (Å²) in [6, 6.07) is 0. The summed E-state index contributed by atoms with van der Waals surface area (Å²) in [7, 11) is 0. The van der Waals surface area contributed by atoms with E-state index in [2.05, 4.69) is 24.2 Å². The predicted octanol–water partition coefficient (Wildman–Crippen LogP) is 1.88. The second kappa shape index (κ2) is 5.23. The third kappa shape index (κ3) is 3.56. The number of hydrogen-bond acceptors (Lipinski definition) is 1. The zero-order chi connectivity index (χ0) is 10.4. The first kappa shape index (κ1) is 11.3. The van der Waals surface area contributed by atoms with Crippen molar-refractivity contribution in [3.63, 3.8) is 0 Å². The van der Waals surface area contributed by atoms with Crippen LogP contribution in [0.5, 0.6) is 0 Å². The first-order valence-corrected chi connectivity index (χ1v) is 5.76. The van der Waals surface area contributed by atoms with Crippen molar-refractivity contribution in [3.05, 3.63) is 0 Å². The Morgan fingerprint density at radius 3 is 2.57 bits per heavy atom. The number of nitrogens with one attached hydrogen (secondary N) is 1. The maximum atomic E-state index is 5.73. The van der Waals surface area contributed by atoms with Gasteiger partial charge in [0.05, 0.1) is 0 Å². The number of nitrogens with zero attached hydrogens (tertiary/aromatic N) is 1. The molecule has 0 unspecified atom stereocenters. The Morgan fingerprint density at radius 1 is 1.36 bits per heavy atom. The molecule has 0 aromatic heterocycles. The van der Waals surface area contributed by atoms with E-state index in [-0.39, 0.29) is 0 Å². The number of rotatable bonds is 6. The highest BCUT2D eigenvalue weighted by molar-refractivity contribution is 5.77. The molecule has 3 N–H and O–H groups in total. The van der Waals surface area contributed by atoms with Gasteiger partial charge in [0.2, 0.25) is 0 Å². The molecule has 0 saturated heterocycles. The van der Waals surface area contributed by atoms with Gasteiger partial charge in [0.1, 0.15) is 0 Å². The lowest BCUT2D eigenvalue weighted by molar-refractivity contribution is 0.472. The Bertz CT molecular complexity index is 195. The van der Waals surface area contributed by atoms with E-state index in [1.54, 1.807) is 0 Å². The molecule has 1 fully saturated rings. The zero-order valence-electron chi connectivity index (χ0n) is 9.47. The van der Waals surface area contributed by atoms with Crippen molar-refractivity contribution < 1.29 is 0 Å². The fourth-order valence-electron chi connectivity index (χ4n) is 1.76. The van der Waals surface area contributed by atoms with E-state index in [1.807, 2.05) is 0 Å². The largest absolute Gasteiger partial charge is 0.370 e. The maximum Gasteiger partial charge on any atom is 0.188 e. The van der Waals surface area contributed by atoms with Gasteiger partial charge in [-0.05, 0) is 31.1 Å². The molecule has 1 aliphatic carbocycles. The second-order valence-electron chi connectivity index (χ2n) is 4.38. The quantitative estimate of drug-likeness (QED) is 0.504. The van der Waals surface area contributed by atoms with Crippen LogP contribution < -0.4 is 11.1 Å². The van der Waals surface area contributed by atoms with Crippen molar-refractivity contribution >= 4 is 5.96 Å². The average molecular weight is 197 g/mol. The molecule has 0 heterocycles. The van der Waals surface area contributed by atoms with E-state index in [0.29, 0.717) is 11.4 Å². The summed E-state index contributed by atoms with van der Waals surface area (Å²) in [5, 5.41) is 3.10. The van der Waals surface area contributed by atoms with Crippen molar-refractivity contribution in [1.29, 1.82) is 0 Å². The van der Waals surface area contributed by atoms with Gasteiger partial charge in [-0.15, -0.1) is 0 Å². The van der Waals surface area contributed by atoms with Crippen molar-refractivity contribution in [3.8, 4) is 0 Å². The van der Waals surface area contributed by atoms with Crippen molar-refractivity contribution in [1.82, 2.24) is 5.32 Å². The minimum atomic E-state index is 0.521. The average Bonchev–Trinajstić information content (AvgIpc) is 2.93. The molecule has 0 aliphatic heterocycles. The van der Waals surface area contributed by atoms with E-state index < -0.39 is 0 Å². The summed E-state index contributed by atoms with van der Waals surface area (Å²) in [5.41, 5.74) is 6.25. The van der Waals surface area contributed by atoms with Crippen molar-refractivity contribution in [2.75, 3.05) is 13.1 Å². The van der Waals surface area contributed by atoms with E-state index in [0.717, 1.165) is 19.5 Å². The molecule has 3 heteroatoms. The summed E-state index contributed by atoms with van der Waals surface area (Å²) in [6.07, 6.45) is 6.34. The Morgan fingerprint density at radius 2 is 2.07 bits per heavy atom. The van der Waals surface area contributed by atoms with E-state index in [4.69, 9.17) is 5.73 Å². The van der Waals surface area contributed by atoms with Gasteiger partial charge < -0.3 is 11.1 Å². The molecule has 0 aromatic rings. The molecular formula is C11H23N3. The maximum absolute atomic E-state index is 5.73. The van der Waals surface area contributed by atoms with Gasteiger partial charge in [-0.2, -0.15) is 0 Å². The summed E-state index contributed by atoms with van der Waals surface area (Å²) >= 11 is 0. The van der Waals surface area contributed by atoms with E-state index in [9.17, 15) is 0 Å². The lowest BCUT2D eigenvalue weighted by Crippen LogP contribution is -2.32. The summed E-state index contributed by atoms with van der Waals surface area (Å²) < 4.78 is 0. The molecule has 0 atom stereocenters. The third-order valence-electron chi connectivity index (χ3n) is 2.88. The highest BCUT2D eigenvalue weighted by Crippen LogP contribution is 2.49. The molecule has 0 amide bonds. The predicted molar refractivity (Wildman–Crippen MR) is 61.4 cm³/mol. The lowest BCUT2D eigenvalue weighted by Gasteiger charge is -2.11. The molecule has 1 saturated carbocycles. The molecule has 1 rings (SSSR count). The molecule has 0 aromatic carbocycles. The highest BCUT2D eigenvalue weighted by atomic mass is 15.1. The Labute approximate surface area is 87.2 Å². The smallest absolute Gasteiger partial charge is 0.188 e. The van der Waals surface area contributed by atoms with Crippen LogP contribution in [0, 0.1) is 5.41 Å². The first-order valence-electron chi connectivity index (χ1n) is 5.76. The van der Waals surface area contributed by atoms with Crippen LogP contribution in [0.1, 0.15) is 46.0 Å². The van der Waals surface area contributed by atoms with Gasteiger partial charge in [0.15, 0.2) is 5.96 Å². The minimum Gasteiger partial charge on any atom is -0.370 e. The van der Waals surface area contributed by atoms with Crippen LogP contribution in [-0.2, 0) is 0 Å². The highest BCUT2D eigenvalue weighted by Gasteiger charge is 2.41. The molecule has 1 aliphatic rings. The fraction of sp³-hybridized carbons (Fsp3) is 0.909. The molecule has 14 heavy (non-hydrogen) atoms. The standard InChI is InChI=1S/C11H23N3/c1-3-5-11(6-7-11)9-14-10(12)13-8-4-2/h3-9H2,1-2H3,(H3,12,13,14). The van der Waals surface area contributed by atoms with Crippen LogP contribution in [0.25, 0.3) is 0 Å². The monoisotopic (exact) mass is 197 g/mol. The summed E-state index contributed by atoms with van der Waals surface area (Å²) in [6.45, 7) is 6.21. The Hall–Kier alpha value is -0.730. The van der Waals surface area contributed by atoms with E-state index >= 15 is 0 Å². The molecular weight excluding hydrogens is 174 g/mol. The molecule has 82 valence electrons. The zero-order valence-corrected chi connectivity index (χ0v) is 9.47. The Kier molecular flexibility index (Phi) is 4.23. The topological polar surface area (TPSA) is 50.4 Å². The second-order valence-corrected chi connectivity index (χ2v) is 4.38. The van der Waals surface area contributed by atoms with Gasteiger partial charge in [-0.25, -0.2) is 0 Å². The fourth-order valence-corrected chi connectivity index (χ4v) is 1.76. The van der Waals surface area contributed by atoms with Crippen LogP contribution in [0.2, 0.25) is 0 Å². The lowest BCUT2D eigenvalue weighted by atomic mass is 10.0. The number of nitrogens with two attached hydrogens (primary N) is 1. The van der Waals surface area contributed by atoms with Crippen LogP contribution in [0.4, 0.5) is 0 Å². The SMILES string of the molecule is CCCNC(N)=NCC1(CCC)CC1. The van der Waals surface area contributed by atoms with Crippen LogP contribution >= 0.6 is 0 Å². The van der Waals surface area contributed by atoms with Gasteiger partial charge >= 0.3 is 0 Å². The molecule has 0 radical (unpaired) electrons. The third-order valence-corrected chi connectivity index (χ3v) is 2.88. The van der Waals surface area contributed by atoms with Gasteiger partial charge in [0, 0.05) is 13.1 Å². The Balaban J connectivity index is 2.23. The van der Waals surface area contributed by atoms with Crippen molar-refractivity contribution in [2.45, 2.75) is 46.0 Å². The number of guanidine groups is 1. The number of aliphatic imine (C=N–C) groups is 1. The minimum absolute atomic E-state index is 0.521. The summed E-state index contributed by atoms with van der Waals surface area (Å²) in [5.74, 6) is 0.620. The van der Waals surface area contributed by atoms with Crippen LogP contribution in [-0.4, -0.2) is 19.0 Å². The van der Waals surface area contributed by atoms with Gasteiger partial charge in [-0.1, -0.05) is 20.3 Å². The number of hydrogen-bond donors (Lipinski definition) is 2. The van der Waals surface area contributed by atoms with Crippen LogP contribution in [0.15, 0.2) is 4.99 Å². The first-order chi connectivity index (χ1) is 6.72. The molecule has 3 nitrogen and oxygen atoms in total. The summed E-state index contributed by atoms with van der Waals surface area (Å²) in [4.78, 5) is 4.40. The molecule has 0 bridgehead atoms.